The zero-order valence-electron chi connectivity index (χ0n) is 7.59. The van der Waals surface area contributed by atoms with Crippen LogP contribution in [0.15, 0.2) is 36.8 Å². The predicted molar refractivity (Wildman–Crippen MR) is 52.8 cm³/mol. The van der Waals surface area contributed by atoms with Gasteiger partial charge >= 0.3 is 0 Å². The minimum atomic E-state index is 1.06. The van der Waals surface area contributed by atoms with E-state index in [1.165, 1.54) is 18.5 Å². The second kappa shape index (κ2) is 4.63. The molecule has 1 heteroatoms. The van der Waals surface area contributed by atoms with Crippen LogP contribution in [-0.4, -0.2) is 4.57 Å². The smallest absolute Gasteiger partial charge is 0.0638 e. The van der Waals surface area contributed by atoms with Gasteiger partial charge in [0.1, 0.15) is 0 Å². The molecule has 0 bridgehead atoms. The van der Waals surface area contributed by atoms with Gasteiger partial charge in [-0.1, -0.05) is 19.9 Å². The fourth-order valence-electron chi connectivity index (χ4n) is 1.17. The largest absolute Gasteiger partial charge is 0.321 e. The quantitative estimate of drug-likeness (QED) is 0.597. The van der Waals surface area contributed by atoms with Crippen LogP contribution >= 0.6 is 0 Å². The average Bonchev–Trinajstić information content (AvgIpc) is 2.59. The van der Waals surface area contributed by atoms with Crippen LogP contribution in [0.3, 0.4) is 0 Å². The Bertz CT molecular complexity index is 263. The molecule has 0 aliphatic heterocycles. The first kappa shape index (κ1) is 8.89. The summed E-state index contributed by atoms with van der Waals surface area (Å²) in [6.45, 7) is 5.88. The maximum Gasteiger partial charge on any atom is 0.0638 e. The highest BCUT2D eigenvalue weighted by Gasteiger charge is 1.95. The van der Waals surface area contributed by atoms with Crippen LogP contribution in [-0.2, 0) is 0 Å². The van der Waals surface area contributed by atoms with Gasteiger partial charge < -0.3 is 4.57 Å². The Morgan fingerprint density at radius 1 is 1.42 bits per heavy atom. The Kier molecular flexibility index (Phi) is 3.43. The predicted octanol–water partition coefficient (Wildman–Crippen LogP) is 3.30. The van der Waals surface area contributed by atoms with Gasteiger partial charge in [-0.05, 0) is 25.0 Å². The first-order valence-electron chi connectivity index (χ1n) is 4.40. The molecule has 0 aromatic carbocycles. The molecule has 0 fully saturated rings. The summed E-state index contributed by atoms with van der Waals surface area (Å²) in [5.74, 6) is 0. The summed E-state index contributed by atoms with van der Waals surface area (Å²) >= 11 is 0. The summed E-state index contributed by atoms with van der Waals surface area (Å²) in [5.41, 5.74) is 4.14. The molecule has 0 spiro atoms. The Balaban J connectivity index is 2.65. The van der Waals surface area contributed by atoms with E-state index in [0.717, 1.165) is 6.42 Å². The highest BCUT2D eigenvalue weighted by molar-refractivity contribution is 5.43. The number of unbranched alkanes of at least 4 members (excludes halogenated alkanes) is 1. The fourth-order valence-corrected chi connectivity index (χ4v) is 1.17. The van der Waals surface area contributed by atoms with E-state index in [9.17, 15) is 0 Å². The van der Waals surface area contributed by atoms with Crippen molar-refractivity contribution in [2.45, 2.75) is 26.2 Å². The van der Waals surface area contributed by atoms with Crippen molar-refractivity contribution in [2.75, 3.05) is 0 Å². The first-order valence-corrected chi connectivity index (χ1v) is 4.40. The summed E-state index contributed by atoms with van der Waals surface area (Å²) in [4.78, 5) is 0. The van der Waals surface area contributed by atoms with Crippen LogP contribution in [0.25, 0.3) is 5.70 Å². The lowest BCUT2D eigenvalue weighted by Crippen LogP contribution is -1.91. The lowest BCUT2D eigenvalue weighted by molar-refractivity contribution is 0.799. The maximum atomic E-state index is 3.69. The number of hydrogen-bond acceptors (Lipinski definition) is 0. The topological polar surface area (TPSA) is 4.93 Å². The van der Waals surface area contributed by atoms with Crippen LogP contribution in [0, 0.1) is 0 Å². The summed E-state index contributed by atoms with van der Waals surface area (Å²) < 4.78 is 2.07. The average molecular weight is 161 g/mol. The Morgan fingerprint density at radius 3 is 2.58 bits per heavy atom. The molecule has 1 aromatic heterocycles. The van der Waals surface area contributed by atoms with E-state index in [0.29, 0.717) is 0 Å². The molecule has 0 radical (unpaired) electrons. The second-order valence-electron chi connectivity index (χ2n) is 2.82. The van der Waals surface area contributed by atoms with Gasteiger partial charge in [-0.15, -0.1) is 5.73 Å². The summed E-state index contributed by atoms with van der Waals surface area (Å²) in [6, 6.07) is 4.03. The van der Waals surface area contributed by atoms with Crippen molar-refractivity contribution in [1.29, 1.82) is 0 Å². The lowest BCUT2D eigenvalue weighted by atomic mass is 10.2. The van der Waals surface area contributed by atoms with Crippen LogP contribution < -0.4 is 0 Å². The van der Waals surface area contributed by atoms with E-state index in [1.54, 1.807) is 0 Å². The fraction of sp³-hybridized carbons (Fsp3) is 0.364. The minimum Gasteiger partial charge on any atom is -0.321 e. The number of nitrogens with zero attached hydrogens (tertiary/aromatic N) is 1. The van der Waals surface area contributed by atoms with Gasteiger partial charge in [0, 0.05) is 12.4 Å². The van der Waals surface area contributed by atoms with E-state index < -0.39 is 0 Å². The molecule has 0 unspecified atom stereocenters. The summed E-state index contributed by atoms with van der Waals surface area (Å²) in [6.07, 6.45) is 7.55. The van der Waals surface area contributed by atoms with E-state index in [4.69, 9.17) is 0 Å². The molecule has 0 N–H and O–H groups in total. The van der Waals surface area contributed by atoms with Gasteiger partial charge in [0.15, 0.2) is 0 Å². The molecule has 0 aliphatic carbocycles. The van der Waals surface area contributed by atoms with Gasteiger partial charge in [0.25, 0.3) is 0 Å². The van der Waals surface area contributed by atoms with Crippen molar-refractivity contribution in [3.05, 3.63) is 36.8 Å². The number of aromatic nitrogens is 1. The van der Waals surface area contributed by atoms with E-state index in [1.807, 2.05) is 24.5 Å². The second-order valence-corrected chi connectivity index (χ2v) is 2.82. The van der Waals surface area contributed by atoms with Crippen molar-refractivity contribution in [3.63, 3.8) is 0 Å². The van der Waals surface area contributed by atoms with E-state index in [-0.39, 0.29) is 0 Å². The highest BCUT2D eigenvalue weighted by Crippen LogP contribution is 2.11. The number of allylic oxidation sites excluding steroid dienone is 1. The minimum absolute atomic E-state index is 1.06. The summed E-state index contributed by atoms with van der Waals surface area (Å²) in [5, 5.41) is 0. The first-order chi connectivity index (χ1) is 5.88. The molecule has 0 amide bonds. The molecule has 0 saturated heterocycles. The molecule has 1 aromatic rings. The molecular weight excluding hydrogens is 146 g/mol. The monoisotopic (exact) mass is 161 g/mol. The van der Waals surface area contributed by atoms with Crippen LogP contribution in [0.1, 0.15) is 26.2 Å². The van der Waals surface area contributed by atoms with Gasteiger partial charge in [-0.3, -0.25) is 0 Å². The van der Waals surface area contributed by atoms with Gasteiger partial charge in [0.05, 0.1) is 5.70 Å². The maximum absolute atomic E-state index is 3.69. The number of hydrogen-bond donors (Lipinski definition) is 0. The van der Waals surface area contributed by atoms with Gasteiger partial charge in [0.2, 0.25) is 0 Å². The normalized spacial score (nSPS) is 9.42. The third-order valence-corrected chi connectivity index (χ3v) is 1.89. The van der Waals surface area contributed by atoms with Crippen molar-refractivity contribution in [2.24, 2.45) is 0 Å². The molecular formula is C11H15N. The molecule has 12 heavy (non-hydrogen) atoms. The third kappa shape index (κ3) is 2.14. The Morgan fingerprint density at radius 2 is 2.08 bits per heavy atom. The van der Waals surface area contributed by atoms with E-state index >= 15 is 0 Å². The summed E-state index contributed by atoms with van der Waals surface area (Å²) in [7, 11) is 0. The molecule has 1 nitrogen and oxygen atoms in total. The third-order valence-electron chi connectivity index (χ3n) is 1.89. The SMILES string of the molecule is C=C=C(CCCC)n1cccc1. The zero-order valence-corrected chi connectivity index (χ0v) is 7.59. The van der Waals surface area contributed by atoms with Crippen molar-refractivity contribution in [3.8, 4) is 0 Å². The van der Waals surface area contributed by atoms with E-state index in [2.05, 4.69) is 23.8 Å². The van der Waals surface area contributed by atoms with Gasteiger partial charge in [-0.2, -0.15) is 0 Å². The van der Waals surface area contributed by atoms with Crippen molar-refractivity contribution < 1.29 is 0 Å². The van der Waals surface area contributed by atoms with Crippen LogP contribution in [0.5, 0.6) is 0 Å². The van der Waals surface area contributed by atoms with Crippen LogP contribution in [0.4, 0.5) is 0 Å². The number of rotatable bonds is 4. The van der Waals surface area contributed by atoms with Crippen LogP contribution in [0.2, 0.25) is 0 Å². The van der Waals surface area contributed by atoms with Gasteiger partial charge in [-0.25, -0.2) is 0 Å². The Labute approximate surface area is 74.0 Å². The molecule has 64 valence electrons. The lowest BCUT2D eigenvalue weighted by Gasteiger charge is -2.04. The molecule has 0 atom stereocenters. The highest BCUT2D eigenvalue weighted by atomic mass is 14.9. The van der Waals surface area contributed by atoms with Crippen molar-refractivity contribution >= 4 is 5.70 Å². The standard InChI is InChI=1S/C11H15N/c1-3-5-8-11(4-2)12-9-6-7-10-12/h6-7,9-10H,2-3,5,8H2,1H3. The molecule has 1 heterocycles. The Hall–Kier alpha value is -1.20. The zero-order chi connectivity index (χ0) is 8.81. The molecule has 1 rings (SSSR count). The van der Waals surface area contributed by atoms with Crippen molar-refractivity contribution in [1.82, 2.24) is 4.57 Å². The molecule has 0 aliphatic rings. The molecule has 0 saturated carbocycles.